The number of carboxylic acids is 1. The van der Waals surface area contributed by atoms with E-state index in [-0.39, 0.29) is 17.9 Å². The van der Waals surface area contributed by atoms with E-state index in [1.54, 1.807) is 0 Å². The van der Waals surface area contributed by atoms with Gasteiger partial charge in [0.25, 0.3) is 0 Å². The predicted octanol–water partition coefficient (Wildman–Crippen LogP) is 0.119. The molecule has 2 unspecified atom stereocenters. The van der Waals surface area contributed by atoms with Crippen LogP contribution in [0.4, 0.5) is 4.79 Å². The molecule has 2 amide bonds. The molecule has 0 aromatic rings. The van der Waals surface area contributed by atoms with Gasteiger partial charge in [-0.15, -0.1) is 0 Å². The molecule has 0 aromatic heterocycles. The van der Waals surface area contributed by atoms with E-state index in [9.17, 15) is 9.59 Å². The molecule has 2 rings (SSSR count). The maximum absolute atomic E-state index is 11.7. The van der Waals surface area contributed by atoms with E-state index in [4.69, 9.17) is 9.84 Å². The molecule has 7 nitrogen and oxygen atoms in total. The molecule has 1 aliphatic heterocycles. The van der Waals surface area contributed by atoms with Crippen molar-refractivity contribution in [2.24, 2.45) is 11.8 Å². The first-order valence-electron chi connectivity index (χ1n) is 7.71. The lowest BCUT2D eigenvalue weighted by atomic mass is 9.96. The van der Waals surface area contributed by atoms with Gasteiger partial charge >= 0.3 is 12.0 Å². The van der Waals surface area contributed by atoms with Crippen molar-refractivity contribution in [1.29, 1.82) is 0 Å². The Hall–Kier alpha value is -1.34. The van der Waals surface area contributed by atoms with Crippen LogP contribution in [0.5, 0.6) is 0 Å². The van der Waals surface area contributed by atoms with Gasteiger partial charge in [0.05, 0.1) is 19.1 Å². The molecule has 0 bridgehead atoms. The number of aliphatic carboxylic acids is 1. The highest BCUT2D eigenvalue weighted by atomic mass is 16.5. The smallest absolute Gasteiger partial charge is 0.314 e. The molecular formula is C14H25N3O4. The lowest BCUT2D eigenvalue weighted by Crippen LogP contribution is -2.44. The number of morpholine rings is 1. The Morgan fingerprint density at radius 1 is 1.19 bits per heavy atom. The summed E-state index contributed by atoms with van der Waals surface area (Å²) in [7, 11) is 0. The largest absolute Gasteiger partial charge is 0.481 e. The van der Waals surface area contributed by atoms with Gasteiger partial charge in [-0.25, -0.2) is 4.79 Å². The molecule has 0 aromatic carbocycles. The molecule has 1 heterocycles. The van der Waals surface area contributed by atoms with Crippen molar-refractivity contribution >= 4 is 12.0 Å². The number of ether oxygens (including phenoxy) is 1. The van der Waals surface area contributed by atoms with E-state index in [1.165, 1.54) is 0 Å². The summed E-state index contributed by atoms with van der Waals surface area (Å²) < 4.78 is 5.26. The summed E-state index contributed by atoms with van der Waals surface area (Å²) in [5, 5.41) is 14.7. The van der Waals surface area contributed by atoms with Crippen LogP contribution in [0.1, 0.15) is 19.3 Å². The second-order valence-electron chi connectivity index (χ2n) is 5.73. The van der Waals surface area contributed by atoms with E-state index >= 15 is 0 Å². The zero-order chi connectivity index (χ0) is 15.1. The maximum Gasteiger partial charge on any atom is 0.314 e. The lowest BCUT2D eigenvalue weighted by Gasteiger charge is -2.26. The number of urea groups is 1. The molecule has 3 N–H and O–H groups in total. The van der Waals surface area contributed by atoms with E-state index < -0.39 is 5.97 Å². The molecule has 0 radical (unpaired) electrons. The molecular weight excluding hydrogens is 274 g/mol. The summed E-state index contributed by atoms with van der Waals surface area (Å²) in [5.41, 5.74) is 0. The minimum absolute atomic E-state index is 0.0625. The van der Waals surface area contributed by atoms with Crippen molar-refractivity contribution in [3.63, 3.8) is 0 Å². The van der Waals surface area contributed by atoms with Gasteiger partial charge in [0.2, 0.25) is 0 Å². The average molecular weight is 299 g/mol. The lowest BCUT2D eigenvalue weighted by molar-refractivity contribution is -0.142. The average Bonchev–Trinajstić information content (AvgIpc) is 2.95. The van der Waals surface area contributed by atoms with Crippen molar-refractivity contribution in [3.8, 4) is 0 Å². The Balaban J connectivity index is 1.57. The molecule has 1 saturated heterocycles. The summed E-state index contributed by atoms with van der Waals surface area (Å²) in [6.45, 7) is 5.18. The second-order valence-corrected chi connectivity index (χ2v) is 5.73. The fourth-order valence-electron chi connectivity index (χ4n) is 3.04. The number of nitrogens with zero attached hydrogens (tertiary/aromatic N) is 1. The summed E-state index contributed by atoms with van der Waals surface area (Å²) in [6.07, 6.45) is 2.54. The zero-order valence-corrected chi connectivity index (χ0v) is 12.3. The fraction of sp³-hybridized carbons (Fsp3) is 0.857. The molecule has 2 fully saturated rings. The first-order chi connectivity index (χ1) is 10.2. The molecule has 7 heteroatoms. The first-order valence-corrected chi connectivity index (χ1v) is 7.71. The molecule has 1 aliphatic carbocycles. The minimum Gasteiger partial charge on any atom is -0.481 e. The van der Waals surface area contributed by atoms with Crippen molar-refractivity contribution in [1.82, 2.24) is 15.5 Å². The van der Waals surface area contributed by atoms with Crippen molar-refractivity contribution in [3.05, 3.63) is 0 Å². The van der Waals surface area contributed by atoms with E-state index in [0.29, 0.717) is 13.1 Å². The number of amides is 2. The van der Waals surface area contributed by atoms with Crippen LogP contribution >= 0.6 is 0 Å². The highest BCUT2D eigenvalue weighted by molar-refractivity contribution is 5.74. The van der Waals surface area contributed by atoms with Gasteiger partial charge in [-0.2, -0.15) is 0 Å². The molecule has 0 spiro atoms. The van der Waals surface area contributed by atoms with Crippen molar-refractivity contribution in [2.75, 3.05) is 45.9 Å². The predicted molar refractivity (Wildman–Crippen MR) is 77.1 cm³/mol. The van der Waals surface area contributed by atoms with Crippen molar-refractivity contribution in [2.45, 2.75) is 19.3 Å². The summed E-state index contributed by atoms with van der Waals surface area (Å²) in [6, 6.07) is -0.209. The van der Waals surface area contributed by atoms with Crippen LogP contribution in [0.2, 0.25) is 0 Å². The van der Waals surface area contributed by atoms with Gasteiger partial charge < -0.3 is 20.5 Å². The highest BCUT2D eigenvalue weighted by Gasteiger charge is 2.32. The normalized spacial score (nSPS) is 26.5. The Morgan fingerprint density at radius 2 is 1.95 bits per heavy atom. The standard InChI is InChI=1S/C14H25N3O4/c18-13(19)12-3-1-2-11(12)10-16-14(20)15-4-5-17-6-8-21-9-7-17/h11-12H,1-10H2,(H,18,19)(H2,15,16,20). The van der Waals surface area contributed by atoms with Gasteiger partial charge in [-0.05, 0) is 18.8 Å². The van der Waals surface area contributed by atoms with Crippen LogP contribution in [-0.2, 0) is 9.53 Å². The molecule has 1 saturated carbocycles. The number of rotatable bonds is 6. The third-order valence-electron chi connectivity index (χ3n) is 4.32. The van der Waals surface area contributed by atoms with E-state index in [2.05, 4.69) is 15.5 Å². The van der Waals surface area contributed by atoms with Crippen LogP contribution in [0, 0.1) is 11.8 Å². The van der Waals surface area contributed by atoms with Crippen molar-refractivity contribution < 1.29 is 19.4 Å². The second kappa shape index (κ2) is 8.19. The third kappa shape index (κ3) is 5.17. The highest BCUT2D eigenvalue weighted by Crippen LogP contribution is 2.31. The van der Waals surface area contributed by atoms with Gasteiger partial charge in [-0.1, -0.05) is 6.42 Å². The molecule has 2 atom stereocenters. The summed E-state index contributed by atoms with van der Waals surface area (Å²) in [4.78, 5) is 25.0. The van der Waals surface area contributed by atoms with Crippen LogP contribution < -0.4 is 10.6 Å². The quantitative estimate of drug-likeness (QED) is 0.648. The zero-order valence-electron chi connectivity index (χ0n) is 12.3. The van der Waals surface area contributed by atoms with Gasteiger partial charge in [-0.3, -0.25) is 9.69 Å². The van der Waals surface area contributed by atoms with E-state index in [0.717, 1.165) is 52.1 Å². The number of carbonyl (C=O) groups is 2. The third-order valence-corrected chi connectivity index (χ3v) is 4.32. The fourth-order valence-corrected chi connectivity index (χ4v) is 3.04. The Kier molecular flexibility index (Phi) is 6.25. The topological polar surface area (TPSA) is 90.9 Å². The Labute approximate surface area is 125 Å². The number of carboxylic acid groups (broad SMARTS) is 1. The first kappa shape index (κ1) is 16.0. The minimum atomic E-state index is -0.743. The number of hydrogen-bond acceptors (Lipinski definition) is 4. The monoisotopic (exact) mass is 299 g/mol. The van der Waals surface area contributed by atoms with Gasteiger partial charge in [0.1, 0.15) is 0 Å². The summed E-state index contributed by atoms with van der Waals surface area (Å²) >= 11 is 0. The number of nitrogens with one attached hydrogen (secondary N) is 2. The number of carbonyl (C=O) groups excluding carboxylic acids is 1. The van der Waals surface area contributed by atoms with Crippen LogP contribution in [0.15, 0.2) is 0 Å². The molecule has 2 aliphatic rings. The Bertz CT molecular complexity index is 358. The van der Waals surface area contributed by atoms with E-state index in [1.807, 2.05) is 0 Å². The molecule has 120 valence electrons. The van der Waals surface area contributed by atoms with Gasteiger partial charge in [0, 0.05) is 32.7 Å². The number of hydrogen-bond donors (Lipinski definition) is 3. The summed E-state index contributed by atoms with van der Waals surface area (Å²) in [5.74, 6) is -0.988. The SMILES string of the molecule is O=C(NCCN1CCOCC1)NCC1CCCC1C(=O)O. The van der Waals surface area contributed by atoms with Gasteiger partial charge in [0.15, 0.2) is 0 Å². The van der Waals surface area contributed by atoms with Crippen LogP contribution in [0.3, 0.4) is 0 Å². The molecule has 21 heavy (non-hydrogen) atoms. The van der Waals surface area contributed by atoms with Crippen LogP contribution in [0.25, 0.3) is 0 Å². The maximum atomic E-state index is 11.7. The van der Waals surface area contributed by atoms with Crippen LogP contribution in [-0.4, -0.2) is 67.9 Å². The Morgan fingerprint density at radius 3 is 2.67 bits per heavy atom.